The van der Waals surface area contributed by atoms with Crippen LogP contribution in [0, 0.1) is 0 Å². The molecule has 2 N–H and O–H groups in total. The number of aliphatic hydroxyl groups excluding tert-OH is 1. The first-order chi connectivity index (χ1) is 6.18. The van der Waals surface area contributed by atoms with E-state index >= 15 is 0 Å². The summed E-state index contributed by atoms with van der Waals surface area (Å²) in [6, 6.07) is 0.991. The van der Waals surface area contributed by atoms with Gasteiger partial charge in [0.15, 0.2) is 0 Å². The van der Waals surface area contributed by atoms with Gasteiger partial charge in [0, 0.05) is 25.3 Å². The Kier molecular flexibility index (Phi) is 4.70. The smallest absolute Gasteiger partial charge is 0.0526 e. The average molecular weight is 187 g/mol. The topological polar surface area (TPSA) is 41.5 Å². The Labute approximate surface area is 80.5 Å². The van der Waals surface area contributed by atoms with Crippen LogP contribution in [0.3, 0.4) is 0 Å². The molecule has 2 unspecified atom stereocenters. The monoisotopic (exact) mass is 187 g/mol. The SMILES string of the molecule is CC(O)CC(C)NC1CCOCC1. The predicted molar refractivity (Wildman–Crippen MR) is 52.7 cm³/mol. The predicted octanol–water partition coefficient (Wildman–Crippen LogP) is 0.914. The van der Waals surface area contributed by atoms with Gasteiger partial charge in [-0.1, -0.05) is 0 Å². The zero-order chi connectivity index (χ0) is 9.68. The van der Waals surface area contributed by atoms with E-state index in [1.165, 1.54) is 0 Å². The summed E-state index contributed by atoms with van der Waals surface area (Å²) in [6.45, 7) is 5.71. The van der Waals surface area contributed by atoms with Gasteiger partial charge in [-0.05, 0) is 33.1 Å². The van der Waals surface area contributed by atoms with E-state index in [9.17, 15) is 5.11 Å². The lowest BCUT2D eigenvalue weighted by Crippen LogP contribution is -2.41. The minimum Gasteiger partial charge on any atom is -0.393 e. The van der Waals surface area contributed by atoms with Gasteiger partial charge in [-0.15, -0.1) is 0 Å². The Balaban J connectivity index is 2.14. The van der Waals surface area contributed by atoms with Crippen molar-refractivity contribution < 1.29 is 9.84 Å². The van der Waals surface area contributed by atoms with E-state index in [4.69, 9.17) is 4.74 Å². The van der Waals surface area contributed by atoms with Gasteiger partial charge < -0.3 is 15.2 Å². The molecule has 0 amide bonds. The van der Waals surface area contributed by atoms with Crippen molar-refractivity contribution in [3.63, 3.8) is 0 Å². The van der Waals surface area contributed by atoms with Crippen molar-refractivity contribution in [2.75, 3.05) is 13.2 Å². The minimum atomic E-state index is -0.206. The van der Waals surface area contributed by atoms with Gasteiger partial charge in [-0.3, -0.25) is 0 Å². The highest BCUT2D eigenvalue weighted by Crippen LogP contribution is 2.08. The van der Waals surface area contributed by atoms with Gasteiger partial charge >= 0.3 is 0 Å². The molecule has 1 aliphatic heterocycles. The highest BCUT2D eigenvalue weighted by molar-refractivity contribution is 4.74. The van der Waals surface area contributed by atoms with E-state index in [2.05, 4.69) is 12.2 Å². The normalized spacial score (nSPS) is 24.2. The molecule has 0 aromatic heterocycles. The van der Waals surface area contributed by atoms with Crippen LogP contribution in [0.2, 0.25) is 0 Å². The quantitative estimate of drug-likeness (QED) is 0.687. The summed E-state index contributed by atoms with van der Waals surface area (Å²) in [5.41, 5.74) is 0. The van der Waals surface area contributed by atoms with Crippen LogP contribution >= 0.6 is 0 Å². The molecule has 1 heterocycles. The van der Waals surface area contributed by atoms with Crippen molar-refractivity contribution >= 4 is 0 Å². The highest BCUT2D eigenvalue weighted by Gasteiger charge is 2.16. The number of hydrogen-bond acceptors (Lipinski definition) is 3. The minimum absolute atomic E-state index is 0.206. The molecule has 0 aromatic carbocycles. The highest BCUT2D eigenvalue weighted by atomic mass is 16.5. The fourth-order valence-electron chi connectivity index (χ4n) is 1.85. The third-order valence-corrected chi connectivity index (χ3v) is 2.44. The van der Waals surface area contributed by atoms with Crippen molar-refractivity contribution in [3.8, 4) is 0 Å². The van der Waals surface area contributed by atoms with Crippen LogP contribution in [0.5, 0.6) is 0 Å². The Hall–Kier alpha value is -0.120. The van der Waals surface area contributed by atoms with Gasteiger partial charge in [0.2, 0.25) is 0 Å². The van der Waals surface area contributed by atoms with Gasteiger partial charge in [0.25, 0.3) is 0 Å². The van der Waals surface area contributed by atoms with Gasteiger partial charge in [0.1, 0.15) is 0 Å². The van der Waals surface area contributed by atoms with Crippen LogP contribution < -0.4 is 5.32 Å². The number of ether oxygens (including phenoxy) is 1. The fourth-order valence-corrected chi connectivity index (χ4v) is 1.85. The number of nitrogens with one attached hydrogen (secondary N) is 1. The molecule has 1 fully saturated rings. The summed E-state index contributed by atoms with van der Waals surface area (Å²) < 4.78 is 5.27. The lowest BCUT2D eigenvalue weighted by atomic mass is 10.1. The number of aliphatic hydroxyl groups is 1. The maximum absolute atomic E-state index is 9.19. The second kappa shape index (κ2) is 5.58. The van der Waals surface area contributed by atoms with Gasteiger partial charge in [-0.2, -0.15) is 0 Å². The van der Waals surface area contributed by atoms with Crippen molar-refractivity contribution in [1.82, 2.24) is 5.32 Å². The van der Waals surface area contributed by atoms with Crippen LogP contribution in [0.25, 0.3) is 0 Å². The molecule has 0 radical (unpaired) electrons. The fraction of sp³-hybridized carbons (Fsp3) is 1.00. The Morgan fingerprint density at radius 1 is 1.38 bits per heavy atom. The first-order valence-corrected chi connectivity index (χ1v) is 5.20. The molecule has 0 spiro atoms. The maximum atomic E-state index is 9.19. The Morgan fingerprint density at radius 3 is 2.54 bits per heavy atom. The van der Waals surface area contributed by atoms with Gasteiger partial charge in [0.05, 0.1) is 6.10 Å². The van der Waals surface area contributed by atoms with Crippen molar-refractivity contribution in [3.05, 3.63) is 0 Å². The van der Waals surface area contributed by atoms with Crippen LogP contribution in [-0.2, 0) is 4.74 Å². The average Bonchev–Trinajstić information content (AvgIpc) is 2.04. The van der Waals surface area contributed by atoms with Crippen LogP contribution in [0.15, 0.2) is 0 Å². The summed E-state index contributed by atoms with van der Waals surface area (Å²) in [7, 11) is 0. The molecular weight excluding hydrogens is 166 g/mol. The van der Waals surface area contributed by atoms with Crippen LogP contribution in [-0.4, -0.2) is 36.5 Å². The maximum Gasteiger partial charge on any atom is 0.0526 e. The van der Waals surface area contributed by atoms with E-state index < -0.39 is 0 Å². The Morgan fingerprint density at radius 2 is 2.00 bits per heavy atom. The molecule has 0 aliphatic carbocycles. The molecule has 2 atom stereocenters. The molecule has 3 nitrogen and oxygen atoms in total. The summed E-state index contributed by atoms with van der Waals surface area (Å²) in [6.07, 6.45) is 2.83. The standard InChI is InChI=1S/C10H21NO2/c1-8(7-9(2)12)11-10-3-5-13-6-4-10/h8-12H,3-7H2,1-2H3. The first kappa shape index (κ1) is 11.0. The molecule has 0 saturated carbocycles. The van der Waals surface area contributed by atoms with E-state index in [1.807, 2.05) is 6.92 Å². The second-order valence-electron chi connectivity index (χ2n) is 4.04. The number of rotatable bonds is 4. The summed E-state index contributed by atoms with van der Waals surface area (Å²) in [4.78, 5) is 0. The van der Waals surface area contributed by atoms with Crippen LogP contribution in [0.1, 0.15) is 33.1 Å². The number of hydrogen-bond donors (Lipinski definition) is 2. The largest absolute Gasteiger partial charge is 0.393 e. The molecule has 3 heteroatoms. The van der Waals surface area contributed by atoms with Crippen molar-refractivity contribution in [1.29, 1.82) is 0 Å². The van der Waals surface area contributed by atoms with Gasteiger partial charge in [-0.25, -0.2) is 0 Å². The third kappa shape index (κ3) is 4.60. The molecule has 1 rings (SSSR count). The van der Waals surface area contributed by atoms with E-state index in [0.29, 0.717) is 12.1 Å². The van der Waals surface area contributed by atoms with Crippen LogP contribution in [0.4, 0.5) is 0 Å². The van der Waals surface area contributed by atoms with E-state index in [-0.39, 0.29) is 6.10 Å². The van der Waals surface area contributed by atoms with E-state index in [0.717, 1.165) is 32.5 Å². The third-order valence-electron chi connectivity index (χ3n) is 2.44. The summed E-state index contributed by atoms with van der Waals surface area (Å²) in [5.74, 6) is 0. The molecule has 13 heavy (non-hydrogen) atoms. The van der Waals surface area contributed by atoms with Crippen molar-refractivity contribution in [2.45, 2.75) is 51.3 Å². The molecule has 1 saturated heterocycles. The molecule has 0 bridgehead atoms. The summed E-state index contributed by atoms with van der Waals surface area (Å²) in [5, 5.41) is 12.7. The molecule has 1 aliphatic rings. The molecular formula is C10H21NO2. The summed E-state index contributed by atoms with van der Waals surface area (Å²) >= 11 is 0. The lowest BCUT2D eigenvalue weighted by Gasteiger charge is -2.27. The molecule has 78 valence electrons. The second-order valence-corrected chi connectivity index (χ2v) is 4.04. The zero-order valence-corrected chi connectivity index (χ0v) is 8.62. The Bertz CT molecular complexity index is 133. The van der Waals surface area contributed by atoms with E-state index in [1.54, 1.807) is 0 Å². The zero-order valence-electron chi connectivity index (χ0n) is 8.62. The lowest BCUT2D eigenvalue weighted by molar-refractivity contribution is 0.0726. The van der Waals surface area contributed by atoms with Crippen molar-refractivity contribution in [2.24, 2.45) is 0 Å². The first-order valence-electron chi connectivity index (χ1n) is 5.20. The molecule has 0 aromatic rings.